The molecule has 1 saturated heterocycles. The number of nitrogens with zero attached hydrogens (tertiary/aromatic N) is 4. The van der Waals surface area contributed by atoms with E-state index in [1.807, 2.05) is 47.4 Å². The minimum atomic E-state index is 0.157. The summed E-state index contributed by atoms with van der Waals surface area (Å²) in [6.45, 7) is 2.76. The van der Waals surface area contributed by atoms with Gasteiger partial charge in [-0.25, -0.2) is 0 Å². The number of anilines is 1. The molecule has 166 valence electrons. The molecule has 0 spiro atoms. The molecule has 1 amide bonds. The Balaban J connectivity index is 1.22. The van der Waals surface area contributed by atoms with Crippen LogP contribution in [0, 0.1) is 0 Å². The fourth-order valence-corrected chi connectivity index (χ4v) is 4.75. The Labute approximate surface area is 202 Å². The molecule has 1 aliphatic rings. The molecule has 0 N–H and O–H groups in total. The van der Waals surface area contributed by atoms with Gasteiger partial charge in [0.1, 0.15) is 0 Å². The molecule has 1 fully saturated rings. The van der Waals surface area contributed by atoms with Gasteiger partial charge in [0.2, 0.25) is 5.91 Å². The molecule has 33 heavy (non-hydrogen) atoms. The van der Waals surface area contributed by atoms with Crippen LogP contribution in [0.3, 0.4) is 0 Å². The van der Waals surface area contributed by atoms with Crippen LogP contribution in [0.5, 0.6) is 0 Å². The van der Waals surface area contributed by atoms with E-state index in [-0.39, 0.29) is 5.91 Å². The Bertz CT molecular complexity index is 1300. The summed E-state index contributed by atoms with van der Waals surface area (Å²) in [5.74, 6) is 0.954. The van der Waals surface area contributed by atoms with Gasteiger partial charge in [-0.3, -0.25) is 4.79 Å². The summed E-state index contributed by atoms with van der Waals surface area (Å²) < 4.78 is 0. The van der Waals surface area contributed by atoms with Crippen LogP contribution in [0.25, 0.3) is 22.0 Å². The summed E-state index contributed by atoms with van der Waals surface area (Å²) in [6.07, 6.45) is 0.414. The lowest BCUT2D eigenvalue weighted by Crippen LogP contribution is -2.49. The van der Waals surface area contributed by atoms with Crippen molar-refractivity contribution in [2.45, 2.75) is 6.42 Å². The van der Waals surface area contributed by atoms with Crippen molar-refractivity contribution in [1.29, 1.82) is 0 Å². The fourth-order valence-electron chi connectivity index (χ4n) is 4.24. The van der Waals surface area contributed by atoms with Crippen LogP contribution in [0.1, 0.15) is 5.56 Å². The van der Waals surface area contributed by atoms with E-state index < -0.39 is 0 Å². The molecule has 0 aliphatic carbocycles. The summed E-state index contributed by atoms with van der Waals surface area (Å²) in [5, 5.41) is 12.2. The van der Waals surface area contributed by atoms with Gasteiger partial charge >= 0.3 is 0 Å². The zero-order chi connectivity index (χ0) is 22.8. The van der Waals surface area contributed by atoms with Crippen LogP contribution >= 0.6 is 23.2 Å². The molecular formula is C26H22Cl2N4O. The van der Waals surface area contributed by atoms with Crippen LogP contribution in [-0.2, 0) is 11.2 Å². The summed E-state index contributed by atoms with van der Waals surface area (Å²) in [5.41, 5.74) is 2.57. The van der Waals surface area contributed by atoms with Crippen molar-refractivity contribution in [3.63, 3.8) is 0 Å². The monoisotopic (exact) mass is 476 g/mol. The molecule has 7 heteroatoms. The molecule has 0 unspecified atom stereocenters. The molecule has 1 aromatic heterocycles. The molecule has 2 heterocycles. The Morgan fingerprint density at radius 3 is 2.39 bits per heavy atom. The van der Waals surface area contributed by atoms with Gasteiger partial charge < -0.3 is 9.80 Å². The van der Waals surface area contributed by atoms with E-state index in [1.54, 1.807) is 12.1 Å². The van der Waals surface area contributed by atoms with Crippen LogP contribution in [-0.4, -0.2) is 47.2 Å². The largest absolute Gasteiger partial charge is 0.352 e. The third-order valence-corrected chi connectivity index (χ3v) is 6.58. The fraction of sp³-hybridized carbons (Fsp3) is 0.192. The predicted octanol–water partition coefficient (Wildman–Crippen LogP) is 5.49. The average Bonchev–Trinajstić information content (AvgIpc) is 2.85. The van der Waals surface area contributed by atoms with E-state index in [0.29, 0.717) is 35.2 Å². The number of halogens is 2. The first-order chi connectivity index (χ1) is 16.1. The number of benzene rings is 3. The van der Waals surface area contributed by atoms with Gasteiger partial charge in [-0.15, -0.1) is 10.2 Å². The van der Waals surface area contributed by atoms with Crippen molar-refractivity contribution < 1.29 is 4.79 Å². The molecule has 1 aliphatic heterocycles. The number of aromatic nitrogens is 2. The van der Waals surface area contributed by atoms with Crippen LogP contribution < -0.4 is 4.90 Å². The summed E-state index contributed by atoms with van der Waals surface area (Å²) >= 11 is 12.3. The quantitative estimate of drug-likeness (QED) is 0.390. The Morgan fingerprint density at radius 2 is 1.64 bits per heavy atom. The Morgan fingerprint density at radius 1 is 0.848 bits per heavy atom. The van der Waals surface area contributed by atoms with Gasteiger partial charge in [0.25, 0.3) is 0 Å². The smallest absolute Gasteiger partial charge is 0.227 e. The Hall–Kier alpha value is -3.15. The van der Waals surface area contributed by atoms with E-state index in [0.717, 1.165) is 40.8 Å². The lowest BCUT2D eigenvalue weighted by atomic mass is 10.0. The first-order valence-corrected chi connectivity index (χ1v) is 11.6. The number of hydrogen-bond acceptors (Lipinski definition) is 4. The van der Waals surface area contributed by atoms with E-state index in [1.165, 1.54) is 0 Å². The Kier molecular flexibility index (Phi) is 6.16. The minimum Gasteiger partial charge on any atom is -0.352 e. The van der Waals surface area contributed by atoms with Crippen molar-refractivity contribution in [2.24, 2.45) is 0 Å². The molecule has 5 rings (SSSR count). The van der Waals surface area contributed by atoms with Crippen LogP contribution in [0.15, 0.2) is 72.8 Å². The summed E-state index contributed by atoms with van der Waals surface area (Å²) in [7, 11) is 0. The van der Waals surface area contributed by atoms with Crippen LogP contribution in [0.4, 0.5) is 5.82 Å². The first kappa shape index (κ1) is 21.7. The predicted molar refractivity (Wildman–Crippen MR) is 134 cm³/mol. The highest BCUT2D eigenvalue weighted by atomic mass is 35.5. The number of rotatable bonds is 4. The van der Waals surface area contributed by atoms with Gasteiger partial charge in [0.15, 0.2) is 5.82 Å². The zero-order valence-corrected chi connectivity index (χ0v) is 19.4. The minimum absolute atomic E-state index is 0.157. The topological polar surface area (TPSA) is 49.3 Å². The van der Waals surface area contributed by atoms with Crippen molar-refractivity contribution in [2.75, 3.05) is 31.1 Å². The third-order valence-electron chi connectivity index (χ3n) is 6.04. The molecule has 3 aromatic carbocycles. The highest BCUT2D eigenvalue weighted by Crippen LogP contribution is 2.29. The number of fused-ring (bicyclic) bond motifs is 1. The standard InChI is InChI=1S/C26H22Cl2N4O/c27-20-8-9-22(23(28)17-20)24-10-11-25(30-29-24)31-12-14-32(15-13-31)26(33)16-19-6-3-5-18-4-1-2-7-21(18)19/h1-11,17H,12-16H2. The lowest BCUT2D eigenvalue weighted by molar-refractivity contribution is -0.130. The number of piperazine rings is 1. The van der Waals surface area contributed by atoms with E-state index in [9.17, 15) is 4.79 Å². The molecular weight excluding hydrogens is 455 g/mol. The van der Waals surface area contributed by atoms with E-state index in [4.69, 9.17) is 23.2 Å². The molecule has 5 nitrogen and oxygen atoms in total. The molecule has 0 atom stereocenters. The second-order valence-corrected chi connectivity index (χ2v) is 8.93. The van der Waals surface area contributed by atoms with Crippen molar-refractivity contribution in [1.82, 2.24) is 15.1 Å². The van der Waals surface area contributed by atoms with Gasteiger partial charge in [0.05, 0.1) is 17.1 Å². The van der Waals surface area contributed by atoms with Crippen molar-refractivity contribution >= 4 is 45.7 Å². The second kappa shape index (κ2) is 9.38. The average molecular weight is 477 g/mol. The van der Waals surface area contributed by atoms with Gasteiger partial charge in [0, 0.05) is 36.8 Å². The number of hydrogen-bond donors (Lipinski definition) is 0. The maximum absolute atomic E-state index is 13.0. The SMILES string of the molecule is O=C(Cc1cccc2ccccc12)N1CCN(c2ccc(-c3ccc(Cl)cc3Cl)nn2)CC1. The van der Waals surface area contributed by atoms with Crippen molar-refractivity contribution in [3.05, 3.63) is 88.4 Å². The maximum Gasteiger partial charge on any atom is 0.227 e. The summed E-state index contributed by atoms with van der Waals surface area (Å²) in [4.78, 5) is 17.1. The third kappa shape index (κ3) is 4.65. The number of carbonyl (C=O) groups excluding carboxylic acids is 1. The van der Waals surface area contributed by atoms with Gasteiger partial charge in [-0.2, -0.15) is 0 Å². The highest BCUT2D eigenvalue weighted by molar-refractivity contribution is 6.36. The molecule has 0 radical (unpaired) electrons. The van der Waals surface area contributed by atoms with E-state index >= 15 is 0 Å². The van der Waals surface area contributed by atoms with E-state index in [2.05, 4.69) is 33.3 Å². The summed E-state index contributed by atoms with van der Waals surface area (Å²) in [6, 6.07) is 23.5. The van der Waals surface area contributed by atoms with Gasteiger partial charge in [-0.1, -0.05) is 65.7 Å². The van der Waals surface area contributed by atoms with Gasteiger partial charge in [-0.05, 0) is 46.7 Å². The molecule has 0 bridgehead atoms. The zero-order valence-electron chi connectivity index (χ0n) is 17.9. The lowest BCUT2D eigenvalue weighted by Gasteiger charge is -2.35. The maximum atomic E-state index is 13.0. The number of amides is 1. The highest BCUT2D eigenvalue weighted by Gasteiger charge is 2.23. The first-order valence-electron chi connectivity index (χ1n) is 10.9. The van der Waals surface area contributed by atoms with Crippen molar-refractivity contribution in [3.8, 4) is 11.3 Å². The molecule has 4 aromatic rings. The normalized spacial score (nSPS) is 14.0. The molecule has 0 saturated carbocycles. The number of carbonyl (C=O) groups is 1. The second-order valence-electron chi connectivity index (χ2n) is 8.08. The van der Waals surface area contributed by atoms with Crippen LogP contribution in [0.2, 0.25) is 10.0 Å².